The van der Waals surface area contributed by atoms with Crippen molar-refractivity contribution in [2.75, 3.05) is 5.43 Å². The van der Waals surface area contributed by atoms with Gasteiger partial charge >= 0.3 is 0 Å². The molecule has 0 saturated heterocycles. The molecule has 1 saturated carbocycles. The number of pyridine rings is 1. The number of anilines is 1. The summed E-state index contributed by atoms with van der Waals surface area (Å²) in [6.45, 7) is 4.36. The summed E-state index contributed by atoms with van der Waals surface area (Å²) in [5.74, 6) is 6.62. The van der Waals surface area contributed by atoms with Gasteiger partial charge in [-0.05, 0) is 37.2 Å². The van der Waals surface area contributed by atoms with E-state index in [-0.39, 0.29) is 21.8 Å². The molecule has 0 amide bonds. The molecule has 1 heterocycles. The SMILES string of the molecule is CC1CCC(NS(=O)(=O)c2cnc(NN)c(Cl)c2)CC1C. The van der Waals surface area contributed by atoms with E-state index in [1.165, 1.54) is 12.3 Å². The van der Waals surface area contributed by atoms with Crippen LogP contribution in [0.15, 0.2) is 17.2 Å². The van der Waals surface area contributed by atoms with E-state index < -0.39 is 10.0 Å². The summed E-state index contributed by atoms with van der Waals surface area (Å²) in [4.78, 5) is 3.95. The average Bonchev–Trinajstić information content (AvgIpc) is 2.42. The molecule has 2 rings (SSSR count). The molecule has 1 aromatic rings. The number of hydrogen-bond donors (Lipinski definition) is 3. The van der Waals surface area contributed by atoms with Crippen molar-refractivity contribution in [3.05, 3.63) is 17.3 Å². The van der Waals surface area contributed by atoms with Gasteiger partial charge in [-0.3, -0.25) is 0 Å². The van der Waals surface area contributed by atoms with Gasteiger partial charge in [-0.15, -0.1) is 0 Å². The zero-order chi connectivity index (χ0) is 15.6. The van der Waals surface area contributed by atoms with Gasteiger partial charge in [0.25, 0.3) is 0 Å². The molecule has 3 atom stereocenters. The first-order valence-corrected chi connectivity index (χ1v) is 8.84. The maximum Gasteiger partial charge on any atom is 0.242 e. The van der Waals surface area contributed by atoms with Crippen molar-refractivity contribution in [2.45, 2.75) is 44.0 Å². The van der Waals surface area contributed by atoms with Crippen molar-refractivity contribution in [1.29, 1.82) is 0 Å². The first-order chi connectivity index (χ1) is 9.83. The van der Waals surface area contributed by atoms with Gasteiger partial charge in [0.1, 0.15) is 4.90 Å². The second kappa shape index (κ2) is 6.48. The summed E-state index contributed by atoms with van der Waals surface area (Å²) in [5, 5.41) is 0.172. The lowest BCUT2D eigenvalue weighted by Gasteiger charge is -2.32. The third kappa shape index (κ3) is 3.85. The maximum absolute atomic E-state index is 12.4. The number of halogens is 1. The molecular formula is C13H21ClN4O2S. The summed E-state index contributed by atoms with van der Waals surface area (Å²) in [7, 11) is -3.61. The van der Waals surface area contributed by atoms with Crippen molar-refractivity contribution >= 4 is 27.4 Å². The minimum Gasteiger partial charge on any atom is -0.307 e. The molecular weight excluding hydrogens is 312 g/mol. The molecule has 4 N–H and O–H groups in total. The Morgan fingerprint density at radius 1 is 1.33 bits per heavy atom. The van der Waals surface area contributed by atoms with Crippen molar-refractivity contribution in [2.24, 2.45) is 17.7 Å². The zero-order valence-electron chi connectivity index (χ0n) is 12.1. The third-order valence-corrected chi connectivity index (χ3v) is 5.96. The van der Waals surface area contributed by atoms with Crippen LogP contribution in [0.3, 0.4) is 0 Å². The third-order valence-electron chi connectivity index (χ3n) is 4.18. The lowest BCUT2D eigenvalue weighted by Crippen LogP contribution is -2.39. The first-order valence-electron chi connectivity index (χ1n) is 6.98. The molecule has 0 aliphatic heterocycles. The Morgan fingerprint density at radius 2 is 2.05 bits per heavy atom. The summed E-state index contributed by atoms with van der Waals surface area (Å²) < 4.78 is 27.5. The second-order valence-electron chi connectivity index (χ2n) is 5.73. The van der Waals surface area contributed by atoms with Gasteiger partial charge in [-0.2, -0.15) is 0 Å². The highest BCUT2D eigenvalue weighted by Gasteiger charge is 2.28. The van der Waals surface area contributed by atoms with Gasteiger partial charge in [-0.1, -0.05) is 25.4 Å². The van der Waals surface area contributed by atoms with Crippen molar-refractivity contribution in [1.82, 2.24) is 9.71 Å². The molecule has 1 fully saturated rings. The lowest BCUT2D eigenvalue weighted by atomic mass is 9.79. The summed E-state index contributed by atoms with van der Waals surface area (Å²) in [6, 6.07) is 1.31. The first kappa shape index (κ1) is 16.5. The molecule has 6 nitrogen and oxygen atoms in total. The van der Waals surface area contributed by atoms with Gasteiger partial charge in [-0.25, -0.2) is 24.0 Å². The average molecular weight is 333 g/mol. The molecule has 1 aliphatic carbocycles. The fraction of sp³-hybridized carbons (Fsp3) is 0.615. The monoisotopic (exact) mass is 332 g/mol. The number of rotatable bonds is 4. The summed E-state index contributed by atoms with van der Waals surface area (Å²) in [6.07, 6.45) is 3.99. The van der Waals surface area contributed by atoms with E-state index in [1.54, 1.807) is 0 Å². The zero-order valence-corrected chi connectivity index (χ0v) is 13.7. The van der Waals surface area contributed by atoms with Crippen molar-refractivity contribution in [3.8, 4) is 0 Å². The van der Waals surface area contributed by atoms with E-state index in [0.29, 0.717) is 11.8 Å². The van der Waals surface area contributed by atoms with E-state index in [9.17, 15) is 8.42 Å². The van der Waals surface area contributed by atoms with Crippen LogP contribution in [0.5, 0.6) is 0 Å². The number of nitrogens with one attached hydrogen (secondary N) is 2. The Kier molecular flexibility index (Phi) is 5.08. The molecule has 1 aromatic heterocycles. The number of nitrogens with two attached hydrogens (primary N) is 1. The number of hydrogen-bond acceptors (Lipinski definition) is 5. The fourth-order valence-corrected chi connectivity index (χ4v) is 4.15. The predicted octanol–water partition coefficient (Wildman–Crippen LogP) is 2.12. The highest BCUT2D eigenvalue weighted by Crippen LogP contribution is 2.30. The van der Waals surface area contributed by atoms with Gasteiger partial charge in [0.2, 0.25) is 10.0 Å². The quantitative estimate of drug-likeness (QED) is 0.579. The van der Waals surface area contributed by atoms with E-state index in [4.69, 9.17) is 17.4 Å². The Labute approximate surface area is 130 Å². The van der Waals surface area contributed by atoms with Gasteiger partial charge in [0, 0.05) is 12.2 Å². The Bertz CT molecular complexity index is 608. The maximum atomic E-state index is 12.4. The van der Waals surface area contributed by atoms with Crippen molar-refractivity contribution < 1.29 is 8.42 Å². The van der Waals surface area contributed by atoms with Crippen LogP contribution in [0, 0.1) is 11.8 Å². The smallest absolute Gasteiger partial charge is 0.242 e. The molecule has 0 bridgehead atoms. The number of aromatic nitrogens is 1. The van der Waals surface area contributed by atoms with Gasteiger partial charge < -0.3 is 5.43 Å². The van der Waals surface area contributed by atoms with E-state index in [1.807, 2.05) is 0 Å². The highest BCUT2D eigenvalue weighted by molar-refractivity contribution is 7.89. The van der Waals surface area contributed by atoms with Gasteiger partial charge in [0.15, 0.2) is 5.82 Å². The predicted molar refractivity (Wildman–Crippen MR) is 83.3 cm³/mol. The highest BCUT2D eigenvalue weighted by atomic mass is 35.5. The molecule has 8 heteroatoms. The topological polar surface area (TPSA) is 97.1 Å². The minimum absolute atomic E-state index is 0.0349. The molecule has 0 aromatic carbocycles. The summed E-state index contributed by atoms with van der Waals surface area (Å²) in [5.41, 5.74) is 2.31. The van der Waals surface area contributed by atoms with Crippen LogP contribution < -0.4 is 16.0 Å². The van der Waals surface area contributed by atoms with E-state index in [0.717, 1.165) is 19.3 Å². The molecule has 1 aliphatic rings. The molecule has 3 unspecified atom stereocenters. The van der Waals surface area contributed by atoms with Crippen molar-refractivity contribution in [3.63, 3.8) is 0 Å². The van der Waals surface area contributed by atoms with Crippen LogP contribution in [0.2, 0.25) is 5.02 Å². The van der Waals surface area contributed by atoms with Crippen LogP contribution in [0.25, 0.3) is 0 Å². The number of hydrazine groups is 1. The van der Waals surface area contributed by atoms with Crippen LogP contribution >= 0.6 is 11.6 Å². The van der Waals surface area contributed by atoms with Gasteiger partial charge in [0.05, 0.1) is 5.02 Å². The number of nitrogen functional groups attached to an aromatic ring is 1. The molecule has 0 radical (unpaired) electrons. The second-order valence-corrected chi connectivity index (χ2v) is 7.85. The van der Waals surface area contributed by atoms with Crippen LogP contribution in [-0.2, 0) is 10.0 Å². The normalized spacial score (nSPS) is 26.6. The Morgan fingerprint density at radius 3 is 2.62 bits per heavy atom. The minimum atomic E-state index is -3.61. The number of nitrogens with zero attached hydrogens (tertiary/aromatic N) is 1. The van der Waals surface area contributed by atoms with Crippen LogP contribution in [-0.4, -0.2) is 19.4 Å². The molecule has 118 valence electrons. The standard InChI is InChI=1S/C13H21ClN4O2S/c1-8-3-4-10(5-9(8)2)18-21(19,20)11-6-12(14)13(17-15)16-7-11/h6-10,18H,3-5,15H2,1-2H3,(H,16,17). The summed E-state index contributed by atoms with van der Waals surface area (Å²) >= 11 is 5.92. The number of sulfonamides is 1. The fourth-order valence-electron chi connectivity index (χ4n) is 2.62. The largest absolute Gasteiger partial charge is 0.307 e. The Hall–Kier alpha value is -0.890. The van der Waals surface area contributed by atoms with E-state index in [2.05, 4.69) is 29.0 Å². The lowest BCUT2D eigenvalue weighted by molar-refractivity contribution is 0.242. The van der Waals surface area contributed by atoms with E-state index >= 15 is 0 Å². The molecule has 0 spiro atoms. The van der Waals surface area contributed by atoms with Crippen LogP contribution in [0.4, 0.5) is 5.82 Å². The molecule has 21 heavy (non-hydrogen) atoms. The van der Waals surface area contributed by atoms with Crippen LogP contribution in [0.1, 0.15) is 33.1 Å². The Balaban J connectivity index is 2.13.